The Hall–Kier alpha value is -5.46. The van der Waals surface area contributed by atoms with Crippen LogP contribution in [-0.4, -0.2) is 63.5 Å². The molecule has 0 fully saturated rings. The van der Waals surface area contributed by atoms with Crippen molar-refractivity contribution in [2.24, 2.45) is 0 Å². The number of carbonyl (C=O) groups is 4. The van der Waals surface area contributed by atoms with Crippen LogP contribution in [0.15, 0.2) is 55.0 Å². The first-order chi connectivity index (χ1) is 21.6. The van der Waals surface area contributed by atoms with Crippen LogP contribution in [0.5, 0.6) is 5.75 Å². The number of esters is 1. The van der Waals surface area contributed by atoms with Gasteiger partial charge in [0.25, 0.3) is 11.8 Å². The molecule has 0 radical (unpaired) electrons. The molecular weight excluding hydrogens is 580 g/mol. The zero-order valence-electron chi connectivity index (χ0n) is 25.6. The van der Waals surface area contributed by atoms with Crippen molar-refractivity contribution in [2.45, 2.75) is 47.0 Å². The minimum Gasteiger partial charge on any atom is -0.508 e. The Kier molecular flexibility index (Phi) is 10.7. The van der Waals surface area contributed by atoms with E-state index in [9.17, 15) is 24.3 Å². The maximum Gasteiger partial charge on any atom is 0.423 e. The van der Waals surface area contributed by atoms with Crippen LogP contribution >= 0.6 is 0 Å². The summed E-state index contributed by atoms with van der Waals surface area (Å²) in [5, 5.41) is 19.4. The van der Waals surface area contributed by atoms with E-state index < -0.39 is 18.9 Å². The normalized spacial score (nSPS) is 10.8. The molecule has 13 heteroatoms. The highest BCUT2D eigenvalue weighted by Crippen LogP contribution is 2.34. The summed E-state index contributed by atoms with van der Waals surface area (Å²) in [5.41, 5.74) is 3.05. The highest BCUT2D eigenvalue weighted by molar-refractivity contribution is 6.05. The van der Waals surface area contributed by atoms with E-state index in [1.54, 1.807) is 50.4 Å². The summed E-state index contributed by atoms with van der Waals surface area (Å²) < 4.78 is 12.0. The van der Waals surface area contributed by atoms with E-state index in [1.165, 1.54) is 23.0 Å². The highest BCUT2D eigenvalue weighted by atomic mass is 16.7. The van der Waals surface area contributed by atoms with Gasteiger partial charge < -0.3 is 25.2 Å². The number of ether oxygens (including phenoxy) is 2. The van der Waals surface area contributed by atoms with Gasteiger partial charge >= 0.3 is 12.1 Å². The Labute approximate surface area is 260 Å². The number of benzene rings is 2. The van der Waals surface area contributed by atoms with Crippen molar-refractivity contribution in [1.82, 2.24) is 25.2 Å². The smallest absolute Gasteiger partial charge is 0.423 e. The van der Waals surface area contributed by atoms with Gasteiger partial charge in [0.15, 0.2) is 5.82 Å². The average Bonchev–Trinajstić information content (AvgIpc) is 3.37. The SMILES string of the molecule is CCCNC(=O)c1ccc(C)c(N(C(=O)OCOC(=O)Cc2ccc(O)cc2)c2ncnn3cc(C(=O)NCCC)c(C)c23)c1. The lowest BCUT2D eigenvalue weighted by Crippen LogP contribution is -2.31. The number of amides is 3. The number of fused-ring (bicyclic) bond motifs is 1. The molecule has 3 amide bonds. The fourth-order valence-corrected chi connectivity index (χ4v) is 4.54. The zero-order chi connectivity index (χ0) is 32.5. The molecule has 0 bridgehead atoms. The van der Waals surface area contributed by atoms with Gasteiger partial charge in [0, 0.05) is 24.8 Å². The second-order valence-electron chi connectivity index (χ2n) is 10.3. The summed E-state index contributed by atoms with van der Waals surface area (Å²) in [7, 11) is 0. The summed E-state index contributed by atoms with van der Waals surface area (Å²) in [5.74, 6) is -1.12. The van der Waals surface area contributed by atoms with E-state index in [1.807, 2.05) is 13.8 Å². The molecule has 2 aromatic heterocycles. The average molecular weight is 617 g/mol. The summed E-state index contributed by atoms with van der Waals surface area (Å²) in [4.78, 5) is 57.5. The number of phenols is 1. The van der Waals surface area contributed by atoms with Crippen molar-refractivity contribution in [3.8, 4) is 5.75 Å². The Morgan fingerprint density at radius 3 is 2.31 bits per heavy atom. The van der Waals surface area contributed by atoms with Crippen molar-refractivity contribution < 1.29 is 33.8 Å². The van der Waals surface area contributed by atoms with Crippen LogP contribution in [0.2, 0.25) is 0 Å². The molecule has 2 aromatic carbocycles. The minimum absolute atomic E-state index is 0.0640. The molecule has 2 heterocycles. The van der Waals surface area contributed by atoms with E-state index in [4.69, 9.17) is 9.47 Å². The lowest BCUT2D eigenvalue weighted by atomic mass is 10.1. The number of anilines is 2. The van der Waals surface area contributed by atoms with Crippen LogP contribution in [0.4, 0.5) is 16.3 Å². The number of aryl methyl sites for hydroxylation is 2. The van der Waals surface area contributed by atoms with Crippen LogP contribution < -0.4 is 15.5 Å². The second-order valence-corrected chi connectivity index (χ2v) is 10.3. The van der Waals surface area contributed by atoms with Gasteiger partial charge in [-0.3, -0.25) is 14.4 Å². The Bertz CT molecular complexity index is 1700. The maximum atomic E-state index is 13.8. The van der Waals surface area contributed by atoms with Gasteiger partial charge in [-0.05, 0) is 67.6 Å². The molecule has 0 aliphatic carbocycles. The third-order valence-electron chi connectivity index (χ3n) is 6.92. The Balaban J connectivity index is 1.70. The van der Waals surface area contributed by atoms with Gasteiger partial charge in [0.05, 0.1) is 17.7 Å². The van der Waals surface area contributed by atoms with Gasteiger partial charge in [-0.1, -0.05) is 32.0 Å². The number of rotatable bonds is 12. The first-order valence-corrected chi connectivity index (χ1v) is 14.5. The van der Waals surface area contributed by atoms with E-state index in [0.717, 1.165) is 17.7 Å². The van der Waals surface area contributed by atoms with Crippen LogP contribution in [0.3, 0.4) is 0 Å². The van der Waals surface area contributed by atoms with E-state index in [0.29, 0.717) is 46.4 Å². The third kappa shape index (κ3) is 7.74. The van der Waals surface area contributed by atoms with E-state index in [-0.39, 0.29) is 35.5 Å². The van der Waals surface area contributed by atoms with Crippen molar-refractivity contribution in [2.75, 3.05) is 24.8 Å². The molecule has 0 spiro atoms. The number of hydrogen-bond acceptors (Lipinski definition) is 9. The number of carbonyl (C=O) groups excluding carboxylic acids is 4. The molecular formula is C32H36N6O7. The van der Waals surface area contributed by atoms with Gasteiger partial charge in [-0.25, -0.2) is 19.2 Å². The molecule has 0 unspecified atom stereocenters. The number of hydrogen-bond donors (Lipinski definition) is 3. The molecule has 13 nitrogen and oxygen atoms in total. The molecule has 236 valence electrons. The topological polar surface area (TPSA) is 164 Å². The Morgan fingerprint density at radius 2 is 1.62 bits per heavy atom. The van der Waals surface area contributed by atoms with Gasteiger partial charge in [0.2, 0.25) is 6.79 Å². The van der Waals surface area contributed by atoms with Crippen LogP contribution in [0.25, 0.3) is 5.52 Å². The molecule has 0 atom stereocenters. The van der Waals surface area contributed by atoms with Gasteiger partial charge in [-0.15, -0.1) is 0 Å². The van der Waals surface area contributed by atoms with Crippen LogP contribution in [0, 0.1) is 13.8 Å². The molecule has 3 N–H and O–H groups in total. The first kappa shape index (κ1) is 32.5. The van der Waals surface area contributed by atoms with Crippen LogP contribution in [0.1, 0.15) is 64.1 Å². The lowest BCUT2D eigenvalue weighted by Gasteiger charge is -2.24. The summed E-state index contributed by atoms with van der Waals surface area (Å²) in [6.07, 6.45) is 3.24. The molecule has 0 aliphatic rings. The van der Waals surface area contributed by atoms with Crippen molar-refractivity contribution >= 4 is 40.9 Å². The minimum atomic E-state index is -0.945. The quantitative estimate of drug-likeness (QED) is 0.155. The first-order valence-electron chi connectivity index (χ1n) is 14.5. The van der Waals surface area contributed by atoms with Crippen molar-refractivity contribution in [3.05, 3.63) is 82.8 Å². The zero-order valence-corrected chi connectivity index (χ0v) is 25.6. The lowest BCUT2D eigenvalue weighted by molar-refractivity contribution is -0.150. The standard InChI is InChI=1S/C32H36N6O7/c1-5-13-33-30(41)23-10-7-20(3)26(16-23)38(32(43)45-19-44-27(40)15-22-8-11-24(39)12-9-22)29-28-21(4)25(31(42)34-14-6-2)17-37(28)36-18-35-29/h7-12,16-18,39H,5-6,13-15,19H2,1-4H3,(H,33,41)(H,34,42). The largest absolute Gasteiger partial charge is 0.508 e. The third-order valence-corrected chi connectivity index (χ3v) is 6.92. The number of nitrogens with zero attached hydrogens (tertiary/aromatic N) is 4. The predicted octanol–water partition coefficient (Wildman–Crippen LogP) is 4.35. The number of aromatic nitrogens is 3. The molecule has 4 aromatic rings. The predicted molar refractivity (Wildman–Crippen MR) is 166 cm³/mol. The van der Waals surface area contributed by atoms with E-state index in [2.05, 4.69) is 20.7 Å². The summed E-state index contributed by atoms with van der Waals surface area (Å²) in [6.45, 7) is 7.62. The fourth-order valence-electron chi connectivity index (χ4n) is 4.54. The summed E-state index contributed by atoms with van der Waals surface area (Å²) >= 11 is 0. The number of aromatic hydroxyl groups is 1. The van der Waals surface area contributed by atoms with Gasteiger partial charge in [0.1, 0.15) is 17.6 Å². The van der Waals surface area contributed by atoms with E-state index >= 15 is 0 Å². The maximum absolute atomic E-state index is 13.8. The molecule has 0 saturated heterocycles. The number of phenolic OH excluding ortho intramolecular Hbond substituents is 1. The molecule has 45 heavy (non-hydrogen) atoms. The molecule has 0 aliphatic heterocycles. The Morgan fingerprint density at radius 1 is 0.933 bits per heavy atom. The molecule has 0 saturated carbocycles. The second kappa shape index (κ2) is 14.8. The molecule has 4 rings (SSSR count). The highest BCUT2D eigenvalue weighted by Gasteiger charge is 2.29. The monoisotopic (exact) mass is 616 g/mol. The fraction of sp³-hybridized carbons (Fsp3) is 0.312. The van der Waals surface area contributed by atoms with Crippen molar-refractivity contribution in [1.29, 1.82) is 0 Å². The van der Waals surface area contributed by atoms with Crippen molar-refractivity contribution in [3.63, 3.8) is 0 Å². The van der Waals surface area contributed by atoms with Crippen LogP contribution in [-0.2, 0) is 20.7 Å². The number of nitrogens with one attached hydrogen (secondary N) is 2. The summed E-state index contributed by atoms with van der Waals surface area (Å²) in [6, 6.07) is 10.9. The van der Waals surface area contributed by atoms with Gasteiger partial charge in [-0.2, -0.15) is 5.10 Å².